The zero-order chi connectivity index (χ0) is 9.68. The first-order valence-electron chi connectivity index (χ1n) is 4.58. The van der Waals surface area contributed by atoms with E-state index in [0.29, 0.717) is 0 Å². The monoisotopic (exact) mass is 192 g/mol. The minimum Gasteiger partial charge on any atom is -0.368 e. The van der Waals surface area contributed by atoms with Gasteiger partial charge in [-0.2, -0.15) is 0 Å². The van der Waals surface area contributed by atoms with Crippen LogP contribution in [0.3, 0.4) is 0 Å². The molecule has 76 valence electrons. The number of hydrogen-bond donors (Lipinski definition) is 0. The Bertz CT molecular complexity index is 165. The summed E-state index contributed by atoms with van der Waals surface area (Å²) in [5, 5.41) is 0. The molecule has 1 aliphatic rings. The molecule has 0 N–H and O–H groups in total. The molecule has 1 saturated carbocycles. The second kappa shape index (κ2) is 5.27. The van der Waals surface area contributed by atoms with Gasteiger partial charge < -0.3 is 4.74 Å². The summed E-state index contributed by atoms with van der Waals surface area (Å²) in [5.74, 6) is 0.0517. The van der Waals surface area contributed by atoms with Crippen LogP contribution in [-0.2, 0) is 9.53 Å². The maximum absolute atomic E-state index is 11.6. The molecule has 0 atom stereocenters. The van der Waals surface area contributed by atoms with Gasteiger partial charge in [-0.15, -0.1) is 0 Å². The zero-order valence-corrected chi connectivity index (χ0v) is 7.47. The number of rotatable bonds is 5. The molecule has 0 aliphatic heterocycles. The first-order valence-corrected chi connectivity index (χ1v) is 4.58. The molecule has 4 heteroatoms. The van der Waals surface area contributed by atoms with Crippen LogP contribution in [0.2, 0.25) is 0 Å². The molecule has 0 bridgehead atoms. The smallest absolute Gasteiger partial charge is 0.261 e. The van der Waals surface area contributed by atoms with Crippen LogP contribution in [0.1, 0.15) is 25.7 Å². The van der Waals surface area contributed by atoms with Gasteiger partial charge in [0.2, 0.25) is 0 Å². The van der Waals surface area contributed by atoms with E-state index in [2.05, 4.69) is 4.74 Å². The van der Waals surface area contributed by atoms with Crippen LogP contribution >= 0.6 is 0 Å². The number of hydrogen-bond acceptors (Lipinski definition) is 2. The molecule has 0 unspecified atom stereocenters. The molecule has 1 fully saturated rings. The number of ether oxygens (including phenoxy) is 1. The lowest BCUT2D eigenvalue weighted by Crippen LogP contribution is -2.19. The third-order valence-electron chi connectivity index (χ3n) is 2.30. The molecule has 1 rings (SSSR count). The van der Waals surface area contributed by atoms with E-state index >= 15 is 0 Å². The minimum absolute atomic E-state index is 0.0156. The topological polar surface area (TPSA) is 26.3 Å². The van der Waals surface area contributed by atoms with E-state index in [1.165, 1.54) is 0 Å². The van der Waals surface area contributed by atoms with Gasteiger partial charge in [-0.05, 0) is 12.8 Å². The third-order valence-corrected chi connectivity index (χ3v) is 2.30. The van der Waals surface area contributed by atoms with Gasteiger partial charge in [0, 0.05) is 5.92 Å². The highest BCUT2D eigenvalue weighted by Crippen LogP contribution is 2.25. The third kappa shape index (κ3) is 3.81. The fourth-order valence-electron chi connectivity index (χ4n) is 1.61. The fourth-order valence-corrected chi connectivity index (χ4v) is 1.61. The number of Topliss-reactive ketones (excluding diaryl/α,β-unsaturated/α-hetero) is 1. The van der Waals surface area contributed by atoms with Crippen molar-refractivity contribution >= 4 is 5.78 Å². The van der Waals surface area contributed by atoms with Crippen LogP contribution in [-0.4, -0.2) is 25.4 Å². The van der Waals surface area contributed by atoms with Gasteiger partial charge in [-0.3, -0.25) is 4.79 Å². The summed E-state index contributed by atoms with van der Waals surface area (Å²) in [6.07, 6.45) is 1.47. The predicted molar refractivity (Wildman–Crippen MR) is 43.8 cm³/mol. The lowest BCUT2D eigenvalue weighted by molar-refractivity contribution is -0.128. The summed E-state index contributed by atoms with van der Waals surface area (Å²) in [6.45, 7) is -0.770. The van der Waals surface area contributed by atoms with Crippen LogP contribution in [0, 0.1) is 5.92 Å². The minimum atomic E-state index is -2.48. The summed E-state index contributed by atoms with van der Waals surface area (Å²) >= 11 is 0. The molecule has 0 spiro atoms. The zero-order valence-electron chi connectivity index (χ0n) is 7.47. The summed E-state index contributed by atoms with van der Waals surface area (Å²) in [4.78, 5) is 11.3. The SMILES string of the molecule is O=C(COCC(F)F)C1CCCC1. The highest BCUT2D eigenvalue weighted by atomic mass is 19.3. The van der Waals surface area contributed by atoms with E-state index in [-0.39, 0.29) is 18.3 Å². The Kier molecular flexibility index (Phi) is 4.28. The first-order chi connectivity index (χ1) is 6.20. The van der Waals surface area contributed by atoms with Crippen molar-refractivity contribution in [2.75, 3.05) is 13.2 Å². The number of carbonyl (C=O) groups excluding carboxylic acids is 1. The molecule has 0 aromatic rings. The van der Waals surface area contributed by atoms with Crippen LogP contribution in [0.4, 0.5) is 8.78 Å². The standard InChI is InChI=1S/C9H14F2O2/c10-9(11)6-13-5-8(12)7-3-1-2-4-7/h7,9H,1-6H2. The van der Waals surface area contributed by atoms with Crippen molar-refractivity contribution in [1.29, 1.82) is 0 Å². The Labute approximate surface area is 76.3 Å². The molecule has 0 heterocycles. The van der Waals surface area contributed by atoms with Crippen LogP contribution in [0.15, 0.2) is 0 Å². The van der Waals surface area contributed by atoms with Crippen LogP contribution in [0.5, 0.6) is 0 Å². The molecule has 0 radical (unpaired) electrons. The molecule has 1 aliphatic carbocycles. The highest BCUT2D eigenvalue weighted by Gasteiger charge is 2.22. The van der Waals surface area contributed by atoms with E-state index in [0.717, 1.165) is 25.7 Å². The largest absolute Gasteiger partial charge is 0.368 e. The lowest BCUT2D eigenvalue weighted by atomic mass is 10.0. The number of ketones is 1. The summed E-state index contributed by atoms with van der Waals surface area (Å²) < 4.78 is 27.8. The molecule has 0 aromatic heterocycles. The van der Waals surface area contributed by atoms with Gasteiger partial charge in [0.05, 0.1) is 0 Å². The Hall–Kier alpha value is -0.510. The van der Waals surface area contributed by atoms with Gasteiger partial charge >= 0.3 is 0 Å². The summed E-state index contributed by atoms with van der Waals surface area (Å²) in [5.41, 5.74) is 0. The van der Waals surface area contributed by atoms with E-state index in [4.69, 9.17) is 0 Å². The fraction of sp³-hybridized carbons (Fsp3) is 0.889. The Morgan fingerprint density at radius 2 is 2.00 bits per heavy atom. The number of alkyl halides is 2. The molecular formula is C9H14F2O2. The molecular weight excluding hydrogens is 178 g/mol. The first kappa shape index (κ1) is 10.6. The van der Waals surface area contributed by atoms with Crippen LogP contribution in [0.25, 0.3) is 0 Å². The predicted octanol–water partition coefficient (Wildman–Crippen LogP) is 2.03. The summed E-state index contributed by atoms with van der Waals surface area (Å²) in [7, 11) is 0. The van der Waals surface area contributed by atoms with Gasteiger partial charge in [0.15, 0.2) is 5.78 Å². The second-order valence-electron chi connectivity index (χ2n) is 3.35. The Morgan fingerprint density at radius 1 is 1.38 bits per heavy atom. The van der Waals surface area contributed by atoms with Crippen molar-refractivity contribution in [3.05, 3.63) is 0 Å². The average molecular weight is 192 g/mol. The van der Waals surface area contributed by atoms with E-state index < -0.39 is 13.0 Å². The van der Waals surface area contributed by atoms with Crippen molar-refractivity contribution in [1.82, 2.24) is 0 Å². The number of halogens is 2. The van der Waals surface area contributed by atoms with Crippen LogP contribution < -0.4 is 0 Å². The van der Waals surface area contributed by atoms with E-state index in [9.17, 15) is 13.6 Å². The van der Waals surface area contributed by atoms with E-state index in [1.807, 2.05) is 0 Å². The molecule has 2 nitrogen and oxygen atoms in total. The second-order valence-corrected chi connectivity index (χ2v) is 3.35. The Balaban J connectivity index is 2.10. The van der Waals surface area contributed by atoms with Gasteiger partial charge in [-0.25, -0.2) is 8.78 Å². The maximum atomic E-state index is 11.6. The van der Waals surface area contributed by atoms with Gasteiger partial charge in [0.25, 0.3) is 6.43 Å². The van der Waals surface area contributed by atoms with Crippen molar-refractivity contribution < 1.29 is 18.3 Å². The Morgan fingerprint density at radius 3 is 2.54 bits per heavy atom. The molecule has 0 amide bonds. The van der Waals surface area contributed by atoms with Crippen molar-refractivity contribution in [2.24, 2.45) is 5.92 Å². The molecule has 0 saturated heterocycles. The van der Waals surface area contributed by atoms with Crippen molar-refractivity contribution in [3.8, 4) is 0 Å². The van der Waals surface area contributed by atoms with Gasteiger partial charge in [0.1, 0.15) is 13.2 Å². The normalized spacial score (nSPS) is 18.4. The van der Waals surface area contributed by atoms with E-state index in [1.54, 1.807) is 0 Å². The van der Waals surface area contributed by atoms with Crippen molar-refractivity contribution in [2.45, 2.75) is 32.1 Å². The molecule has 0 aromatic carbocycles. The van der Waals surface area contributed by atoms with Crippen molar-refractivity contribution in [3.63, 3.8) is 0 Å². The number of carbonyl (C=O) groups is 1. The quantitative estimate of drug-likeness (QED) is 0.666. The molecule has 13 heavy (non-hydrogen) atoms. The average Bonchev–Trinajstić information content (AvgIpc) is 2.55. The maximum Gasteiger partial charge on any atom is 0.261 e. The highest BCUT2D eigenvalue weighted by molar-refractivity contribution is 5.82. The van der Waals surface area contributed by atoms with Gasteiger partial charge in [-0.1, -0.05) is 12.8 Å². The lowest BCUT2D eigenvalue weighted by Gasteiger charge is -2.07. The summed E-state index contributed by atoms with van der Waals surface area (Å²) in [6, 6.07) is 0.